The molecule has 6 heteroatoms. The Balaban J connectivity index is 1.48. The van der Waals surface area contributed by atoms with Crippen molar-refractivity contribution in [2.24, 2.45) is 11.8 Å². The first-order valence-corrected chi connectivity index (χ1v) is 7.70. The largest absolute Gasteiger partial charge is 0.444 e. The third-order valence-electron chi connectivity index (χ3n) is 3.96. The number of carbonyl (C=O) groups is 2. The van der Waals surface area contributed by atoms with E-state index in [0.717, 1.165) is 12.0 Å². The molecule has 1 aliphatic rings. The summed E-state index contributed by atoms with van der Waals surface area (Å²) in [5, 5.41) is 5.62. The molecule has 6 nitrogen and oxygen atoms in total. The maximum Gasteiger partial charge on any atom is 0.226 e. The Morgan fingerprint density at radius 2 is 2.22 bits per heavy atom. The highest BCUT2D eigenvalue weighted by Crippen LogP contribution is 2.37. The number of hydrogen-bond acceptors (Lipinski definition) is 4. The predicted molar refractivity (Wildman–Crippen MR) is 85.5 cm³/mol. The average Bonchev–Trinajstić information content (AvgIpc) is 3.03. The minimum atomic E-state index is -0.135. The number of hydrogen-bond donors (Lipinski definition) is 2. The summed E-state index contributed by atoms with van der Waals surface area (Å²) in [5.74, 6) is 1.17. The molecular weight excluding hydrogens is 294 g/mol. The normalized spacial score (nSPS) is 19.2. The maximum absolute atomic E-state index is 11.9. The Labute approximate surface area is 134 Å². The molecule has 2 atom stereocenters. The number of oxazole rings is 1. The molecule has 3 rings (SSSR count). The van der Waals surface area contributed by atoms with E-state index in [4.69, 9.17) is 4.42 Å². The highest BCUT2D eigenvalue weighted by atomic mass is 16.3. The first-order valence-electron chi connectivity index (χ1n) is 7.70. The van der Waals surface area contributed by atoms with Gasteiger partial charge in [0.15, 0.2) is 12.2 Å². The summed E-state index contributed by atoms with van der Waals surface area (Å²) in [6.07, 6.45) is 4.19. The zero-order chi connectivity index (χ0) is 16.2. The van der Waals surface area contributed by atoms with Gasteiger partial charge in [0.25, 0.3) is 0 Å². The van der Waals surface area contributed by atoms with Crippen LogP contribution in [0.15, 0.2) is 41.3 Å². The lowest BCUT2D eigenvalue weighted by Gasteiger charge is -2.07. The van der Waals surface area contributed by atoms with E-state index in [1.807, 2.05) is 24.3 Å². The molecule has 1 aliphatic carbocycles. The topological polar surface area (TPSA) is 84.2 Å². The molecule has 2 amide bonds. The summed E-state index contributed by atoms with van der Waals surface area (Å²) in [4.78, 5) is 27.5. The lowest BCUT2D eigenvalue weighted by atomic mass is 10.1. The average molecular weight is 313 g/mol. The van der Waals surface area contributed by atoms with Crippen LogP contribution in [0.25, 0.3) is 11.3 Å². The van der Waals surface area contributed by atoms with E-state index in [1.165, 1.54) is 6.39 Å². The standard InChI is InChI=1S/C17H19N3O3/c1-11-7-14(11)17(22)19-6-5-16(21)20-13-4-2-3-12(8-13)15-9-18-10-23-15/h2-4,8-11,14H,5-7H2,1H3,(H,19,22)(H,20,21). The third-order valence-corrected chi connectivity index (χ3v) is 3.96. The summed E-state index contributed by atoms with van der Waals surface area (Å²) in [5.41, 5.74) is 1.53. The number of nitrogens with one attached hydrogen (secondary N) is 2. The van der Waals surface area contributed by atoms with E-state index in [2.05, 4.69) is 22.5 Å². The fourth-order valence-electron chi connectivity index (χ4n) is 2.45. The molecule has 1 aromatic carbocycles. The highest BCUT2D eigenvalue weighted by molar-refractivity contribution is 5.92. The summed E-state index contributed by atoms with van der Waals surface area (Å²) in [7, 11) is 0. The highest BCUT2D eigenvalue weighted by Gasteiger charge is 2.38. The van der Waals surface area contributed by atoms with Crippen LogP contribution in [0.5, 0.6) is 0 Å². The molecular formula is C17H19N3O3. The molecule has 0 radical (unpaired) electrons. The van der Waals surface area contributed by atoms with E-state index in [1.54, 1.807) is 6.20 Å². The van der Waals surface area contributed by atoms with Crippen molar-refractivity contribution in [1.29, 1.82) is 0 Å². The van der Waals surface area contributed by atoms with E-state index >= 15 is 0 Å². The van der Waals surface area contributed by atoms with Crippen molar-refractivity contribution in [1.82, 2.24) is 10.3 Å². The van der Waals surface area contributed by atoms with Gasteiger partial charge in [-0.05, 0) is 24.5 Å². The second-order valence-corrected chi connectivity index (χ2v) is 5.86. The predicted octanol–water partition coefficient (Wildman–Crippen LogP) is 2.44. The second-order valence-electron chi connectivity index (χ2n) is 5.86. The third kappa shape index (κ3) is 3.97. The first-order chi connectivity index (χ1) is 11.1. The van der Waals surface area contributed by atoms with Crippen molar-refractivity contribution < 1.29 is 14.0 Å². The van der Waals surface area contributed by atoms with Crippen molar-refractivity contribution in [3.63, 3.8) is 0 Å². The smallest absolute Gasteiger partial charge is 0.226 e. The van der Waals surface area contributed by atoms with Crippen LogP contribution in [-0.4, -0.2) is 23.3 Å². The number of benzene rings is 1. The zero-order valence-electron chi connectivity index (χ0n) is 12.9. The van der Waals surface area contributed by atoms with Crippen LogP contribution < -0.4 is 10.6 Å². The molecule has 120 valence electrons. The Kier molecular flexibility index (Phi) is 4.41. The number of anilines is 1. The molecule has 2 aromatic rings. The molecule has 23 heavy (non-hydrogen) atoms. The van der Waals surface area contributed by atoms with Gasteiger partial charge in [0.1, 0.15) is 0 Å². The molecule has 2 N–H and O–H groups in total. The van der Waals surface area contributed by atoms with Crippen molar-refractivity contribution in [2.75, 3.05) is 11.9 Å². The number of aromatic nitrogens is 1. The minimum Gasteiger partial charge on any atom is -0.444 e. The van der Waals surface area contributed by atoms with Crippen LogP contribution in [0.4, 0.5) is 5.69 Å². The Bertz CT molecular complexity index is 697. The molecule has 2 unspecified atom stereocenters. The van der Waals surface area contributed by atoms with Crippen LogP contribution >= 0.6 is 0 Å². The van der Waals surface area contributed by atoms with Crippen LogP contribution in [0.2, 0.25) is 0 Å². The van der Waals surface area contributed by atoms with Crippen molar-refractivity contribution in [3.8, 4) is 11.3 Å². The van der Waals surface area contributed by atoms with Gasteiger partial charge in [0.05, 0.1) is 6.20 Å². The quantitative estimate of drug-likeness (QED) is 0.858. The molecule has 0 aliphatic heterocycles. The maximum atomic E-state index is 11.9. The fourth-order valence-corrected chi connectivity index (χ4v) is 2.45. The first kappa shape index (κ1) is 15.3. The Morgan fingerprint density at radius 1 is 1.39 bits per heavy atom. The van der Waals surface area contributed by atoms with Crippen LogP contribution in [0, 0.1) is 11.8 Å². The lowest BCUT2D eigenvalue weighted by molar-refractivity contribution is -0.122. The Hall–Kier alpha value is -2.63. The lowest BCUT2D eigenvalue weighted by Crippen LogP contribution is -2.29. The van der Waals surface area contributed by atoms with Gasteiger partial charge in [-0.2, -0.15) is 0 Å². The van der Waals surface area contributed by atoms with Crippen LogP contribution in [-0.2, 0) is 9.59 Å². The van der Waals surface area contributed by atoms with Crippen molar-refractivity contribution >= 4 is 17.5 Å². The molecule has 1 heterocycles. The van der Waals surface area contributed by atoms with Gasteiger partial charge in [0.2, 0.25) is 11.8 Å². The van der Waals surface area contributed by atoms with Gasteiger partial charge in [0, 0.05) is 30.1 Å². The van der Waals surface area contributed by atoms with Gasteiger partial charge in [-0.25, -0.2) is 4.98 Å². The Morgan fingerprint density at radius 3 is 2.91 bits per heavy atom. The van der Waals surface area contributed by atoms with Gasteiger partial charge in [-0.15, -0.1) is 0 Å². The van der Waals surface area contributed by atoms with Crippen molar-refractivity contribution in [2.45, 2.75) is 19.8 Å². The summed E-state index contributed by atoms with van der Waals surface area (Å²) < 4.78 is 5.24. The molecule has 0 bridgehead atoms. The fraction of sp³-hybridized carbons (Fsp3) is 0.353. The monoisotopic (exact) mass is 313 g/mol. The number of carbonyl (C=O) groups excluding carboxylic acids is 2. The van der Waals surface area contributed by atoms with Crippen LogP contribution in [0.1, 0.15) is 19.8 Å². The number of rotatable bonds is 6. The summed E-state index contributed by atoms with van der Waals surface area (Å²) >= 11 is 0. The second kappa shape index (κ2) is 6.64. The van der Waals surface area contributed by atoms with Gasteiger partial charge in [-0.3, -0.25) is 9.59 Å². The number of nitrogens with zero attached hydrogens (tertiary/aromatic N) is 1. The van der Waals surface area contributed by atoms with E-state index in [0.29, 0.717) is 23.9 Å². The zero-order valence-corrected chi connectivity index (χ0v) is 12.9. The van der Waals surface area contributed by atoms with Crippen LogP contribution in [0.3, 0.4) is 0 Å². The van der Waals surface area contributed by atoms with Gasteiger partial charge < -0.3 is 15.1 Å². The van der Waals surface area contributed by atoms with E-state index < -0.39 is 0 Å². The van der Waals surface area contributed by atoms with Gasteiger partial charge in [-0.1, -0.05) is 19.1 Å². The molecule has 1 fully saturated rings. The molecule has 1 aromatic heterocycles. The molecule has 1 saturated carbocycles. The van der Waals surface area contributed by atoms with E-state index in [9.17, 15) is 9.59 Å². The van der Waals surface area contributed by atoms with Gasteiger partial charge >= 0.3 is 0 Å². The minimum absolute atomic E-state index is 0.0533. The van der Waals surface area contributed by atoms with Crippen molar-refractivity contribution in [3.05, 3.63) is 36.9 Å². The number of amides is 2. The summed E-state index contributed by atoms with van der Waals surface area (Å²) in [6, 6.07) is 7.35. The van der Waals surface area contributed by atoms with E-state index in [-0.39, 0.29) is 24.2 Å². The SMILES string of the molecule is CC1CC1C(=O)NCCC(=O)Nc1cccc(-c2cnco2)c1. The summed E-state index contributed by atoms with van der Waals surface area (Å²) in [6.45, 7) is 2.41. The molecule has 0 spiro atoms. The molecule has 0 saturated heterocycles.